The van der Waals surface area contributed by atoms with Crippen LogP contribution in [0.2, 0.25) is 0 Å². The Hall–Kier alpha value is -3.74. The smallest absolute Gasteiger partial charge is 0.178 e. The Balaban J connectivity index is 1.58. The van der Waals surface area contributed by atoms with Crippen molar-refractivity contribution in [3.8, 4) is 0 Å². The standard InChI is InChI=1S/C21H17FN6/c1-26(28-11-10-15-6-3-5-9-18(15)28)20-19-21(24-13-23-20)27(14-25-19)12-16-7-2-4-8-17(16)22/h2-11,13-14H,12H2,1H3. The van der Waals surface area contributed by atoms with Gasteiger partial charge < -0.3 is 4.57 Å². The summed E-state index contributed by atoms with van der Waals surface area (Å²) >= 11 is 0. The number of benzene rings is 2. The van der Waals surface area contributed by atoms with Crippen LogP contribution in [0.25, 0.3) is 22.1 Å². The number of aromatic nitrogens is 5. The molecule has 28 heavy (non-hydrogen) atoms. The molecular weight excluding hydrogens is 355 g/mol. The van der Waals surface area contributed by atoms with E-state index >= 15 is 0 Å². The molecule has 6 nitrogen and oxygen atoms in total. The molecule has 138 valence electrons. The maximum absolute atomic E-state index is 14.0. The summed E-state index contributed by atoms with van der Waals surface area (Å²) in [7, 11) is 1.93. The highest BCUT2D eigenvalue weighted by molar-refractivity contribution is 5.85. The monoisotopic (exact) mass is 372 g/mol. The van der Waals surface area contributed by atoms with Gasteiger partial charge in [-0.15, -0.1) is 0 Å². The van der Waals surface area contributed by atoms with Crippen LogP contribution in [0.3, 0.4) is 0 Å². The summed E-state index contributed by atoms with van der Waals surface area (Å²) in [5.41, 5.74) is 2.99. The van der Waals surface area contributed by atoms with Crippen LogP contribution in [0.15, 0.2) is 73.4 Å². The third kappa shape index (κ3) is 2.60. The van der Waals surface area contributed by atoms with Crippen molar-refractivity contribution in [3.63, 3.8) is 0 Å². The van der Waals surface area contributed by atoms with Gasteiger partial charge in [0.2, 0.25) is 0 Å². The molecule has 0 bridgehead atoms. The fourth-order valence-corrected chi connectivity index (χ4v) is 3.46. The zero-order chi connectivity index (χ0) is 19.1. The second-order valence-electron chi connectivity index (χ2n) is 6.58. The molecule has 2 aromatic carbocycles. The van der Waals surface area contributed by atoms with Crippen molar-refractivity contribution in [3.05, 3.63) is 84.8 Å². The van der Waals surface area contributed by atoms with Gasteiger partial charge in [-0.3, -0.25) is 9.69 Å². The summed E-state index contributed by atoms with van der Waals surface area (Å²) in [5.74, 6) is 0.438. The fourth-order valence-electron chi connectivity index (χ4n) is 3.46. The van der Waals surface area contributed by atoms with Crippen molar-refractivity contribution in [1.29, 1.82) is 0 Å². The van der Waals surface area contributed by atoms with Crippen molar-refractivity contribution < 1.29 is 4.39 Å². The van der Waals surface area contributed by atoms with Crippen molar-refractivity contribution in [2.45, 2.75) is 6.54 Å². The fraction of sp³-hybridized carbons (Fsp3) is 0.0952. The Kier molecular flexibility index (Phi) is 3.79. The van der Waals surface area contributed by atoms with Crippen LogP contribution in [-0.4, -0.2) is 31.2 Å². The number of nitrogens with zero attached hydrogens (tertiary/aromatic N) is 6. The maximum Gasteiger partial charge on any atom is 0.178 e. The molecule has 0 saturated heterocycles. The van der Waals surface area contributed by atoms with Crippen LogP contribution in [0.1, 0.15) is 5.56 Å². The van der Waals surface area contributed by atoms with Crippen LogP contribution in [0, 0.1) is 5.82 Å². The van der Waals surface area contributed by atoms with Crippen LogP contribution in [0.4, 0.5) is 10.2 Å². The molecule has 5 rings (SSSR count). The Morgan fingerprint density at radius 2 is 1.79 bits per heavy atom. The van der Waals surface area contributed by atoms with Crippen molar-refractivity contribution >= 4 is 27.9 Å². The second kappa shape index (κ2) is 6.45. The number of hydrogen-bond acceptors (Lipinski definition) is 4. The normalized spacial score (nSPS) is 11.4. The molecule has 0 unspecified atom stereocenters. The number of anilines is 1. The molecule has 0 aliphatic heterocycles. The van der Waals surface area contributed by atoms with E-state index in [9.17, 15) is 4.39 Å². The number of rotatable bonds is 4. The van der Waals surface area contributed by atoms with Gasteiger partial charge in [0.25, 0.3) is 0 Å². The molecule has 5 aromatic rings. The topological polar surface area (TPSA) is 51.8 Å². The second-order valence-corrected chi connectivity index (χ2v) is 6.58. The average Bonchev–Trinajstić information content (AvgIpc) is 3.33. The number of fused-ring (bicyclic) bond motifs is 2. The van der Waals surface area contributed by atoms with Crippen molar-refractivity contribution in [2.24, 2.45) is 0 Å². The third-order valence-corrected chi connectivity index (χ3v) is 4.89. The van der Waals surface area contributed by atoms with Gasteiger partial charge in [-0.1, -0.05) is 36.4 Å². The van der Waals surface area contributed by atoms with E-state index in [1.807, 2.05) is 45.7 Å². The van der Waals surface area contributed by atoms with E-state index in [1.54, 1.807) is 18.5 Å². The largest absolute Gasteiger partial charge is 0.311 e. The van der Waals surface area contributed by atoms with Gasteiger partial charge >= 0.3 is 0 Å². The molecule has 7 heteroatoms. The Labute approximate surface area is 160 Å². The first-order valence-corrected chi connectivity index (χ1v) is 8.92. The molecule has 0 fully saturated rings. The summed E-state index contributed by atoms with van der Waals surface area (Å²) in [4.78, 5) is 13.4. The molecule has 0 aliphatic rings. The molecule has 0 atom stereocenters. The molecular formula is C21H17FN6. The summed E-state index contributed by atoms with van der Waals surface area (Å²) < 4.78 is 17.9. The molecule has 0 aliphatic carbocycles. The third-order valence-electron chi connectivity index (χ3n) is 4.89. The van der Waals surface area contributed by atoms with Crippen molar-refractivity contribution in [2.75, 3.05) is 12.1 Å². The Bertz CT molecular complexity index is 1290. The predicted molar refractivity (Wildman–Crippen MR) is 107 cm³/mol. The highest BCUT2D eigenvalue weighted by Crippen LogP contribution is 2.24. The summed E-state index contributed by atoms with van der Waals surface area (Å²) in [5, 5.41) is 3.08. The molecule has 0 radical (unpaired) electrons. The lowest BCUT2D eigenvalue weighted by atomic mass is 10.2. The van der Waals surface area contributed by atoms with Gasteiger partial charge in [0, 0.05) is 24.2 Å². The van der Waals surface area contributed by atoms with Crippen molar-refractivity contribution in [1.82, 2.24) is 24.2 Å². The average molecular weight is 372 g/mol. The van der Waals surface area contributed by atoms with Crippen LogP contribution in [0.5, 0.6) is 0 Å². The van der Waals surface area contributed by atoms with Gasteiger partial charge in [-0.25, -0.2) is 19.3 Å². The van der Waals surface area contributed by atoms with E-state index in [4.69, 9.17) is 0 Å². The molecule has 3 aromatic heterocycles. The first kappa shape index (κ1) is 16.4. The number of halogens is 1. The zero-order valence-corrected chi connectivity index (χ0v) is 15.2. The van der Waals surface area contributed by atoms with Gasteiger partial charge in [0.15, 0.2) is 17.0 Å². The van der Waals surface area contributed by atoms with Crippen LogP contribution in [-0.2, 0) is 6.54 Å². The van der Waals surface area contributed by atoms with Crippen LogP contribution >= 0.6 is 0 Å². The van der Waals surface area contributed by atoms with Gasteiger partial charge in [-0.2, -0.15) is 0 Å². The summed E-state index contributed by atoms with van der Waals surface area (Å²) in [6.07, 6.45) is 5.19. The van der Waals surface area contributed by atoms with E-state index in [-0.39, 0.29) is 5.82 Å². The first-order valence-electron chi connectivity index (χ1n) is 8.92. The Morgan fingerprint density at radius 1 is 0.964 bits per heavy atom. The predicted octanol–water partition coefficient (Wildman–Crippen LogP) is 3.87. The zero-order valence-electron chi connectivity index (χ0n) is 15.2. The SMILES string of the molecule is CN(c1ncnc2c1ncn2Cc1ccccc1F)n1ccc2ccccc21. The lowest BCUT2D eigenvalue weighted by Crippen LogP contribution is -2.25. The number of imidazole rings is 1. The first-order chi connectivity index (χ1) is 13.7. The molecule has 0 amide bonds. The minimum absolute atomic E-state index is 0.241. The Morgan fingerprint density at radius 3 is 2.68 bits per heavy atom. The number of para-hydroxylation sites is 1. The molecule has 0 spiro atoms. The highest BCUT2D eigenvalue weighted by atomic mass is 19.1. The molecule has 3 heterocycles. The summed E-state index contributed by atoms with van der Waals surface area (Å²) in [6, 6.07) is 16.9. The minimum Gasteiger partial charge on any atom is -0.311 e. The van der Waals surface area contributed by atoms with Gasteiger partial charge in [-0.05, 0) is 18.2 Å². The molecule has 0 N–H and O–H groups in total. The van der Waals surface area contributed by atoms with Gasteiger partial charge in [0.1, 0.15) is 12.1 Å². The van der Waals surface area contributed by atoms with E-state index in [0.29, 0.717) is 29.1 Å². The van der Waals surface area contributed by atoms with E-state index in [2.05, 4.69) is 33.2 Å². The van der Waals surface area contributed by atoms with Gasteiger partial charge in [0.05, 0.1) is 18.4 Å². The van der Waals surface area contributed by atoms with E-state index < -0.39 is 0 Å². The highest BCUT2D eigenvalue weighted by Gasteiger charge is 2.16. The molecule has 0 saturated carbocycles. The quantitative estimate of drug-likeness (QED) is 0.481. The van der Waals surface area contributed by atoms with E-state index in [1.165, 1.54) is 12.4 Å². The van der Waals surface area contributed by atoms with E-state index in [0.717, 1.165) is 10.9 Å². The maximum atomic E-state index is 14.0. The lowest BCUT2D eigenvalue weighted by molar-refractivity contribution is 0.601. The number of hydrogen-bond donors (Lipinski definition) is 0. The van der Waals surface area contributed by atoms with Crippen LogP contribution < -0.4 is 5.01 Å². The lowest BCUT2D eigenvalue weighted by Gasteiger charge is -2.21. The summed E-state index contributed by atoms with van der Waals surface area (Å²) in [6.45, 7) is 0.357. The minimum atomic E-state index is -0.241.